The fourth-order valence-corrected chi connectivity index (χ4v) is 2.06. The first-order chi connectivity index (χ1) is 9.15. The highest BCUT2D eigenvalue weighted by Gasteiger charge is 2.05. The molecule has 19 heavy (non-hydrogen) atoms. The maximum Gasteiger partial charge on any atom is 0.251 e. The van der Waals surface area contributed by atoms with E-state index in [1.54, 1.807) is 6.92 Å². The van der Waals surface area contributed by atoms with Crippen LogP contribution in [0.1, 0.15) is 12.5 Å². The fourth-order valence-electron chi connectivity index (χ4n) is 1.66. The van der Waals surface area contributed by atoms with Crippen LogP contribution >= 0.6 is 15.9 Å². The van der Waals surface area contributed by atoms with Crippen LogP contribution in [0.3, 0.4) is 0 Å². The number of amides is 1. The van der Waals surface area contributed by atoms with Crippen LogP contribution in [0.25, 0.3) is 6.08 Å². The van der Waals surface area contributed by atoms with Crippen LogP contribution in [0.15, 0.2) is 64.6 Å². The number of carbonyl (C=O) groups excluding carboxylic acids is 1. The average Bonchev–Trinajstić information content (AvgIpc) is 2.40. The van der Waals surface area contributed by atoms with Gasteiger partial charge in [-0.3, -0.25) is 4.79 Å². The third-order valence-corrected chi connectivity index (χ3v) is 3.12. The van der Waals surface area contributed by atoms with Crippen molar-refractivity contribution in [3.63, 3.8) is 0 Å². The molecule has 0 saturated carbocycles. The molecule has 0 radical (unpaired) electrons. The van der Waals surface area contributed by atoms with E-state index in [-0.39, 0.29) is 5.91 Å². The van der Waals surface area contributed by atoms with Crippen molar-refractivity contribution in [1.82, 2.24) is 0 Å². The summed E-state index contributed by atoms with van der Waals surface area (Å²) in [7, 11) is 0. The van der Waals surface area contributed by atoms with Crippen molar-refractivity contribution in [1.29, 1.82) is 0 Å². The Labute approximate surface area is 121 Å². The van der Waals surface area contributed by atoms with Crippen LogP contribution < -0.4 is 5.32 Å². The third kappa shape index (κ3) is 4.07. The maximum atomic E-state index is 12.0. The Hall–Kier alpha value is -1.87. The van der Waals surface area contributed by atoms with Crippen LogP contribution in [0, 0.1) is 0 Å². The summed E-state index contributed by atoms with van der Waals surface area (Å²) in [6, 6.07) is 17.3. The number of hydrogen-bond acceptors (Lipinski definition) is 1. The monoisotopic (exact) mass is 315 g/mol. The molecule has 96 valence electrons. The molecule has 0 heterocycles. The molecule has 0 spiro atoms. The van der Waals surface area contributed by atoms with Gasteiger partial charge in [-0.1, -0.05) is 52.3 Å². The topological polar surface area (TPSA) is 29.1 Å². The summed E-state index contributed by atoms with van der Waals surface area (Å²) in [6.45, 7) is 1.81. The Balaban J connectivity index is 2.10. The predicted molar refractivity (Wildman–Crippen MR) is 82.9 cm³/mol. The lowest BCUT2D eigenvalue weighted by molar-refractivity contribution is -0.112. The minimum atomic E-state index is -0.0954. The Kier molecular flexibility index (Phi) is 4.53. The molecule has 0 aromatic heterocycles. The van der Waals surface area contributed by atoms with E-state index in [4.69, 9.17) is 0 Å². The molecule has 0 fully saturated rings. The molecule has 0 saturated heterocycles. The lowest BCUT2D eigenvalue weighted by atomic mass is 10.1. The summed E-state index contributed by atoms with van der Waals surface area (Å²) < 4.78 is 0.940. The summed E-state index contributed by atoms with van der Waals surface area (Å²) in [4.78, 5) is 12.0. The summed E-state index contributed by atoms with van der Waals surface area (Å²) >= 11 is 3.38. The van der Waals surface area contributed by atoms with Crippen molar-refractivity contribution >= 4 is 33.6 Å². The molecule has 2 nitrogen and oxygen atoms in total. The van der Waals surface area contributed by atoms with Crippen LogP contribution in [-0.4, -0.2) is 5.91 Å². The van der Waals surface area contributed by atoms with Crippen LogP contribution in [-0.2, 0) is 4.79 Å². The van der Waals surface area contributed by atoms with E-state index in [2.05, 4.69) is 21.2 Å². The first-order valence-corrected chi connectivity index (χ1v) is 6.75. The van der Waals surface area contributed by atoms with Crippen molar-refractivity contribution in [2.75, 3.05) is 5.32 Å². The average molecular weight is 316 g/mol. The summed E-state index contributed by atoms with van der Waals surface area (Å²) in [5.74, 6) is -0.0954. The SMILES string of the molecule is CC(=Cc1ccccc1)C(=O)Nc1cccc(Br)c1. The highest BCUT2D eigenvalue weighted by molar-refractivity contribution is 9.10. The van der Waals surface area contributed by atoms with Crippen LogP contribution in [0.4, 0.5) is 5.69 Å². The van der Waals surface area contributed by atoms with Crippen molar-refractivity contribution in [3.8, 4) is 0 Å². The molecule has 0 unspecified atom stereocenters. The van der Waals surface area contributed by atoms with E-state index in [0.29, 0.717) is 5.57 Å². The van der Waals surface area contributed by atoms with Gasteiger partial charge in [-0.2, -0.15) is 0 Å². The number of anilines is 1. The molecular weight excluding hydrogens is 302 g/mol. The van der Waals surface area contributed by atoms with Gasteiger partial charge >= 0.3 is 0 Å². The van der Waals surface area contributed by atoms with E-state index >= 15 is 0 Å². The summed E-state index contributed by atoms with van der Waals surface area (Å²) in [5, 5.41) is 2.87. The molecule has 1 amide bonds. The number of carbonyl (C=O) groups is 1. The van der Waals surface area contributed by atoms with E-state index in [9.17, 15) is 4.79 Å². The number of hydrogen-bond donors (Lipinski definition) is 1. The maximum absolute atomic E-state index is 12.0. The first-order valence-electron chi connectivity index (χ1n) is 5.95. The fraction of sp³-hybridized carbons (Fsp3) is 0.0625. The largest absolute Gasteiger partial charge is 0.322 e. The minimum Gasteiger partial charge on any atom is -0.322 e. The van der Waals surface area contributed by atoms with Crippen LogP contribution in [0.2, 0.25) is 0 Å². The predicted octanol–water partition coefficient (Wildman–Crippen LogP) is 4.49. The molecule has 0 bridgehead atoms. The zero-order valence-corrected chi connectivity index (χ0v) is 12.1. The van der Waals surface area contributed by atoms with Gasteiger partial charge in [0.15, 0.2) is 0 Å². The highest BCUT2D eigenvalue weighted by Crippen LogP contribution is 2.16. The minimum absolute atomic E-state index is 0.0954. The molecule has 0 aliphatic rings. The van der Waals surface area contributed by atoms with Gasteiger partial charge in [-0.05, 0) is 36.8 Å². The molecular formula is C16H14BrNO. The van der Waals surface area contributed by atoms with Gasteiger partial charge in [-0.15, -0.1) is 0 Å². The zero-order valence-electron chi connectivity index (χ0n) is 10.6. The van der Waals surface area contributed by atoms with Gasteiger partial charge in [0.1, 0.15) is 0 Å². The molecule has 0 atom stereocenters. The second kappa shape index (κ2) is 6.34. The Bertz CT molecular complexity index is 605. The first kappa shape index (κ1) is 13.6. The molecule has 1 N–H and O–H groups in total. The number of rotatable bonds is 3. The van der Waals surface area contributed by atoms with Gasteiger partial charge in [-0.25, -0.2) is 0 Å². The molecule has 0 aliphatic heterocycles. The van der Waals surface area contributed by atoms with Crippen molar-refractivity contribution in [2.24, 2.45) is 0 Å². The number of benzene rings is 2. The van der Waals surface area contributed by atoms with E-state index in [1.807, 2.05) is 60.7 Å². The highest BCUT2D eigenvalue weighted by atomic mass is 79.9. The Morgan fingerprint density at radius 2 is 1.84 bits per heavy atom. The lowest BCUT2D eigenvalue weighted by Crippen LogP contribution is -2.12. The Morgan fingerprint density at radius 3 is 2.53 bits per heavy atom. The quantitative estimate of drug-likeness (QED) is 0.831. The molecule has 0 aliphatic carbocycles. The molecule has 2 rings (SSSR count). The zero-order chi connectivity index (χ0) is 13.7. The van der Waals surface area contributed by atoms with Crippen molar-refractivity contribution in [2.45, 2.75) is 6.92 Å². The van der Waals surface area contributed by atoms with E-state index in [0.717, 1.165) is 15.7 Å². The van der Waals surface area contributed by atoms with Gasteiger partial charge in [0.2, 0.25) is 0 Å². The van der Waals surface area contributed by atoms with Gasteiger partial charge in [0, 0.05) is 15.7 Å². The molecule has 3 heteroatoms. The lowest BCUT2D eigenvalue weighted by Gasteiger charge is -2.06. The smallest absolute Gasteiger partial charge is 0.251 e. The van der Waals surface area contributed by atoms with Gasteiger partial charge in [0.05, 0.1) is 0 Å². The second-order valence-corrected chi connectivity index (χ2v) is 5.12. The second-order valence-electron chi connectivity index (χ2n) is 4.20. The van der Waals surface area contributed by atoms with E-state index in [1.165, 1.54) is 0 Å². The van der Waals surface area contributed by atoms with Gasteiger partial charge < -0.3 is 5.32 Å². The number of nitrogens with one attached hydrogen (secondary N) is 1. The molecule has 2 aromatic rings. The normalized spacial score (nSPS) is 11.2. The van der Waals surface area contributed by atoms with Crippen molar-refractivity contribution in [3.05, 3.63) is 70.2 Å². The summed E-state index contributed by atoms with van der Waals surface area (Å²) in [5.41, 5.74) is 2.47. The van der Waals surface area contributed by atoms with Gasteiger partial charge in [0.25, 0.3) is 5.91 Å². The summed E-state index contributed by atoms with van der Waals surface area (Å²) in [6.07, 6.45) is 1.87. The third-order valence-electron chi connectivity index (χ3n) is 2.62. The van der Waals surface area contributed by atoms with E-state index < -0.39 is 0 Å². The van der Waals surface area contributed by atoms with Crippen LogP contribution in [0.5, 0.6) is 0 Å². The number of halogens is 1. The van der Waals surface area contributed by atoms with Crippen molar-refractivity contribution < 1.29 is 4.79 Å². The molecule has 2 aromatic carbocycles. The standard InChI is InChI=1S/C16H14BrNO/c1-12(10-13-6-3-2-4-7-13)16(19)18-15-9-5-8-14(17)11-15/h2-11H,1H3,(H,18,19). The Morgan fingerprint density at radius 1 is 1.11 bits per heavy atom.